The highest BCUT2D eigenvalue weighted by Crippen LogP contribution is 2.45. The largest absolute Gasteiger partial charge is 0.772 e. The molecule has 3 rings (SSSR count). The second kappa shape index (κ2) is 3.54. The summed E-state index contributed by atoms with van der Waals surface area (Å²) in [4.78, 5) is 0. The average Bonchev–Trinajstić information content (AvgIpc) is 2.63. The number of rotatable bonds is 1. The molecule has 1 aliphatic carbocycles. The van der Waals surface area contributed by atoms with Gasteiger partial charge in [-0.05, 0) is 33.3 Å². The zero-order valence-electron chi connectivity index (χ0n) is 8.42. The van der Waals surface area contributed by atoms with Gasteiger partial charge in [-0.15, -0.1) is 0 Å². The average molecular weight is 229 g/mol. The highest BCUT2D eigenvalue weighted by molar-refractivity contribution is 7.79. The van der Waals surface area contributed by atoms with Crippen LogP contribution in [-0.2, 0) is 11.1 Å². The molecule has 1 atom stereocenters. The molecule has 2 aromatic carbocycles. The highest BCUT2D eigenvalue weighted by Gasteiger charge is 2.28. The minimum atomic E-state index is -2.11. The standard InChI is InChI=1S/C13H10O2S/c14-16(15)13-11-7-3-1-5-9(11)10-6-2-4-8-12(10)13/h1-8,13H,(H,14,15)/p-1. The number of hydrogen-bond donors (Lipinski definition) is 0. The first-order valence-electron chi connectivity index (χ1n) is 5.05. The van der Waals surface area contributed by atoms with Gasteiger partial charge >= 0.3 is 0 Å². The Kier molecular flexibility index (Phi) is 2.16. The van der Waals surface area contributed by atoms with Crippen molar-refractivity contribution in [3.8, 4) is 11.1 Å². The summed E-state index contributed by atoms with van der Waals surface area (Å²) in [7, 11) is 0. The monoisotopic (exact) mass is 229 g/mol. The summed E-state index contributed by atoms with van der Waals surface area (Å²) in [5.41, 5.74) is 3.84. The summed E-state index contributed by atoms with van der Waals surface area (Å²) >= 11 is -2.11. The number of hydrogen-bond acceptors (Lipinski definition) is 2. The van der Waals surface area contributed by atoms with Gasteiger partial charge in [-0.1, -0.05) is 48.5 Å². The molecular formula is C13H9O2S-. The van der Waals surface area contributed by atoms with Gasteiger partial charge in [0.25, 0.3) is 0 Å². The molecule has 0 aliphatic heterocycles. The first-order chi connectivity index (χ1) is 7.79. The molecular weight excluding hydrogens is 220 g/mol. The van der Waals surface area contributed by atoms with Gasteiger partial charge in [0.15, 0.2) is 0 Å². The molecule has 0 amide bonds. The van der Waals surface area contributed by atoms with E-state index in [2.05, 4.69) is 0 Å². The molecule has 2 aromatic rings. The molecule has 0 heterocycles. The Hall–Kier alpha value is -1.45. The van der Waals surface area contributed by atoms with E-state index in [1.807, 2.05) is 48.5 Å². The van der Waals surface area contributed by atoms with Crippen LogP contribution in [-0.4, -0.2) is 8.76 Å². The van der Waals surface area contributed by atoms with Crippen molar-refractivity contribution in [3.63, 3.8) is 0 Å². The van der Waals surface area contributed by atoms with Crippen LogP contribution in [0.15, 0.2) is 48.5 Å². The third-order valence-corrected chi connectivity index (χ3v) is 3.86. The summed E-state index contributed by atoms with van der Waals surface area (Å²) < 4.78 is 22.7. The molecule has 16 heavy (non-hydrogen) atoms. The lowest BCUT2D eigenvalue weighted by Crippen LogP contribution is -2.03. The van der Waals surface area contributed by atoms with E-state index < -0.39 is 16.3 Å². The molecule has 0 radical (unpaired) electrons. The van der Waals surface area contributed by atoms with Crippen molar-refractivity contribution in [2.75, 3.05) is 0 Å². The van der Waals surface area contributed by atoms with Crippen LogP contribution >= 0.6 is 0 Å². The molecule has 1 unspecified atom stereocenters. The Bertz CT molecular complexity index is 532. The second-order valence-corrected chi connectivity index (χ2v) is 4.81. The lowest BCUT2D eigenvalue weighted by Gasteiger charge is -2.16. The van der Waals surface area contributed by atoms with Crippen LogP contribution in [0.25, 0.3) is 11.1 Å². The molecule has 0 saturated carbocycles. The maximum Gasteiger partial charge on any atom is 0.0726 e. The SMILES string of the molecule is O=S([O-])C1c2ccccc2-c2ccccc21. The zero-order valence-corrected chi connectivity index (χ0v) is 9.24. The van der Waals surface area contributed by atoms with E-state index in [4.69, 9.17) is 0 Å². The fourth-order valence-electron chi connectivity index (χ4n) is 2.32. The summed E-state index contributed by atoms with van der Waals surface area (Å²) in [5, 5.41) is -0.507. The van der Waals surface area contributed by atoms with E-state index in [1.54, 1.807) is 0 Å². The predicted octanol–water partition coefficient (Wildman–Crippen LogP) is 2.64. The fraction of sp³-hybridized carbons (Fsp3) is 0.0769. The van der Waals surface area contributed by atoms with Gasteiger partial charge in [0.05, 0.1) is 5.25 Å². The minimum absolute atomic E-state index is 0.507. The third-order valence-electron chi connectivity index (χ3n) is 2.97. The van der Waals surface area contributed by atoms with Crippen LogP contribution in [0.1, 0.15) is 16.4 Å². The van der Waals surface area contributed by atoms with Crippen LogP contribution in [0.4, 0.5) is 0 Å². The Morgan fingerprint density at radius 3 is 1.75 bits per heavy atom. The van der Waals surface area contributed by atoms with Gasteiger partial charge in [0, 0.05) is 0 Å². The quantitative estimate of drug-likeness (QED) is 0.705. The smallest absolute Gasteiger partial charge is 0.0726 e. The Labute approximate surface area is 96.2 Å². The summed E-state index contributed by atoms with van der Waals surface area (Å²) in [6.07, 6.45) is 0. The molecule has 1 aliphatic rings. The summed E-state index contributed by atoms with van der Waals surface area (Å²) in [6.45, 7) is 0. The van der Waals surface area contributed by atoms with Gasteiger partial charge in [0.1, 0.15) is 0 Å². The zero-order chi connectivity index (χ0) is 11.1. The summed E-state index contributed by atoms with van der Waals surface area (Å²) in [5.74, 6) is 0. The first-order valence-corrected chi connectivity index (χ1v) is 6.19. The Balaban J connectivity index is 2.34. The molecule has 0 fully saturated rings. The Morgan fingerprint density at radius 2 is 1.31 bits per heavy atom. The number of fused-ring (bicyclic) bond motifs is 3. The minimum Gasteiger partial charge on any atom is -0.772 e. The highest BCUT2D eigenvalue weighted by atomic mass is 32.2. The van der Waals surface area contributed by atoms with Crippen LogP contribution in [0.5, 0.6) is 0 Å². The van der Waals surface area contributed by atoms with Crippen molar-refractivity contribution in [1.82, 2.24) is 0 Å². The van der Waals surface area contributed by atoms with Crippen LogP contribution in [0, 0.1) is 0 Å². The van der Waals surface area contributed by atoms with Crippen molar-refractivity contribution in [2.45, 2.75) is 5.25 Å². The second-order valence-electron chi connectivity index (χ2n) is 3.82. The van der Waals surface area contributed by atoms with Crippen molar-refractivity contribution < 1.29 is 8.76 Å². The van der Waals surface area contributed by atoms with Crippen molar-refractivity contribution in [1.29, 1.82) is 0 Å². The lowest BCUT2D eigenvalue weighted by atomic mass is 10.1. The van der Waals surface area contributed by atoms with E-state index in [9.17, 15) is 8.76 Å². The van der Waals surface area contributed by atoms with E-state index in [0.29, 0.717) is 0 Å². The van der Waals surface area contributed by atoms with Crippen LogP contribution < -0.4 is 0 Å². The van der Waals surface area contributed by atoms with Gasteiger partial charge in [-0.3, -0.25) is 4.21 Å². The topological polar surface area (TPSA) is 40.1 Å². The third kappa shape index (κ3) is 1.25. The predicted molar refractivity (Wildman–Crippen MR) is 62.6 cm³/mol. The normalized spacial score (nSPS) is 15.6. The molecule has 0 spiro atoms. The van der Waals surface area contributed by atoms with E-state index in [1.165, 1.54) is 0 Å². The maximum atomic E-state index is 11.3. The molecule has 0 bridgehead atoms. The van der Waals surface area contributed by atoms with Crippen LogP contribution in [0.2, 0.25) is 0 Å². The molecule has 80 valence electrons. The van der Waals surface area contributed by atoms with Crippen molar-refractivity contribution >= 4 is 11.1 Å². The molecule has 2 nitrogen and oxygen atoms in total. The molecule has 3 heteroatoms. The number of benzene rings is 2. The first kappa shape index (κ1) is 9.75. The van der Waals surface area contributed by atoms with Crippen molar-refractivity contribution in [2.24, 2.45) is 0 Å². The molecule has 0 saturated heterocycles. The van der Waals surface area contributed by atoms with Gasteiger partial charge in [0.2, 0.25) is 0 Å². The van der Waals surface area contributed by atoms with Gasteiger partial charge < -0.3 is 4.55 Å². The lowest BCUT2D eigenvalue weighted by molar-refractivity contribution is 0.531. The van der Waals surface area contributed by atoms with Crippen molar-refractivity contribution in [3.05, 3.63) is 59.7 Å². The van der Waals surface area contributed by atoms with Crippen LogP contribution in [0.3, 0.4) is 0 Å². The maximum absolute atomic E-state index is 11.3. The van der Waals surface area contributed by atoms with Gasteiger partial charge in [-0.2, -0.15) is 0 Å². The summed E-state index contributed by atoms with van der Waals surface area (Å²) in [6, 6.07) is 15.3. The van der Waals surface area contributed by atoms with E-state index in [-0.39, 0.29) is 0 Å². The van der Waals surface area contributed by atoms with E-state index in [0.717, 1.165) is 22.3 Å². The molecule has 0 aromatic heterocycles. The fourth-order valence-corrected chi connectivity index (χ4v) is 3.14. The van der Waals surface area contributed by atoms with E-state index >= 15 is 0 Å². The van der Waals surface area contributed by atoms with Gasteiger partial charge in [-0.25, -0.2) is 0 Å². The Morgan fingerprint density at radius 1 is 0.875 bits per heavy atom. The molecule has 0 N–H and O–H groups in total.